The normalized spacial score (nSPS) is 17.0. The number of sulfonamides is 1. The van der Waals surface area contributed by atoms with Gasteiger partial charge in [0.15, 0.2) is 0 Å². The summed E-state index contributed by atoms with van der Waals surface area (Å²) < 4.78 is 40.3. The molecule has 2 aromatic carbocycles. The largest absolute Gasteiger partial charge is 0.299 e. The molecule has 1 N–H and O–H groups in total. The lowest BCUT2D eigenvalue weighted by molar-refractivity contribution is 0.200. The van der Waals surface area contributed by atoms with Crippen molar-refractivity contribution in [3.05, 3.63) is 66.0 Å². The lowest BCUT2D eigenvalue weighted by Gasteiger charge is -2.32. The molecule has 0 unspecified atom stereocenters. The molecule has 3 rings (SSSR count). The smallest absolute Gasteiger partial charge is 0.240 e. The molecule has 0 aliphatic carbocycles. The van der Waals surface area contributed by atoms with Gasteiger partial charge in [0, 0.05) is 25.7 Å². The van der Waals surface area contributed by atoms with E-state index in [2.05, 4.69) is 21.8 Å². The minimum absolute atomic E-state index is 0.0768. The molecule has 0 bridgehead atoms. The van der Waals surface area contributed by atoms with Gasteiger partial charge in [-0.25, -0.2) is 17.5 Å². The van der Waals surface area contributed by atoms with Crippen molar-refractivity contribution >= 4 is 10.0 Å². The molecule has 0 amide bonds. The molecule has 1 heterocycles. The SMILES string of the molecule is O=S(=O)(NC1CCN(Cc2ccccc2)CC1)c1ccc(F)cc1. The van der Waals surface area contributed by atoms with Crippen molar-refractivity contribution in [2.75, 3.05) is 13.1 Å². The zero-order chi connectivity index (χ0) is 17.0. The van der Waals surface area contributed by atoms with Gasteiger partial charge in [0.25, 0.3) is 0 Å². The van der Waals surface area contributed by atoms with Gasteiger partial charge in [-0.05, 0) is 42.7 Å². The van der Waals surface area contributed by atoms with Gasteiger partial charge in [-0.1, -0.05) is 30.3 Å². The van der Waals surface area contributed by atoms with E-state index in [1.165, 1.54) is 17.7 Å². The number of piperidine rings is 1. The summed E-state index contributed by atoms with van der Waals surface area (Å²) in [6.45, 7) is 2.59. The Labute approximate surface area is 142 Å². The lowest BCUT2D eigenvalue weighted by Crippen LogP contribution is -2.44. The van der Waals surface area contributed by atoms with Crippen LogP contribution >= 0.6 is 0 Å². The number of hydrogen-bond acceptors (Lipinski definition) is 3. The maximum atomic E-state index is 12.9. The van der Waals surface area contributed by atoms with Crippen LogP contribution in [0.5, 0.6) is 0 Å². The number of nitrogens with zero attached hydrogens (tertiary/aromatic N) is 1. The Balaban J connectivity index is 1.54. The van der Waals surface area contributed by atoms with E-state index in [-0.39, 0.29) is 10.9 Å². The molecule has 0 aromatic heterocycles. The van der Waals surface area contributed by atoms with Gasteiger partial charge in [0.05, 0.1) is 4.90 Å². The monoisotopic (exact) mass is 348 g/mol. The first-order valence-corrected chi connectivity index (χ1v) is 9.55. The molecule has 1 aliphatic rings. The van der Waals surface area contributed by atoms with E-state index in [0.717, 1.165) is 44.6 Å². The third-order valence-corrected chi connectivity index (χ3v) is 5.82. The summed E-state index contributed by atoms with van der Waals surface area (Å²) in [6.07, 6.45) is 1.54. The van der Waals surface area contributed by atoms with E-state index in [1.807, 2.05) is 18.2 Å². The highest BCUT2D eigenvalue weighted by Crippen LogP contribution is 2.17. The lowest BCUT2D eigenvalue weighted by atomic mass is 10.1. The Morgan fingerprint density at radius 2 is 1.62 bits per heavy atom. The Hall–Kier alpha value is -1.76. The Kier molecular flexibility index (Phi) is 5.28. The second kappa shape index (κ2) is 7.42. The summed E-state index contributed by atoms with van der Waals surface area (Å²) in [6, 6.07) is 15.1. The molecular formula is C18H21FN2O2S. The standard InChI is InChI=1S/C18H21FN2O2S/c19-16-6-8-18(9-7-16)24(22,23)20-17-10-12-21(13-11-17)14-15-4-2-1-3-5-15/h1-9,17,20H,10-14H2. The van der Waals surface area contributed by atoms with Crippen molar-refractivity contribution in [1.82, 2.24) is 9.62 Å². The first kappa shape index (κ1) is 17.1. The summed E-state index contributed by atoms with van der Waals surface area (Å²) in [7, 11) is -3.59. The first-order chi connectivity index (χ1) is 11.5. The topological polar surface area (TPSA) is 49.4 Å². The van der Waals surface area contributed by atoms with Gasteiger partial charge >= 0.3 is 0 Å². The Morgan fingerprint density at radius 3 is 2.25 bits per heavy atom. The average Bonchev–Trinajstić information content (AvgIpc) is 2.58. The summed E-state index contributed by atoms with van der Waals surface area (Å²) in [4.78, 5) is 2.44. The number of nitrogens with one attached hydrogen (secondary N) is 1. The van der Waals surface area contributed by atoms with Crippen molar-refractivity contribution in [1.29, 1.82) is 0 Å². The fourth-order valence-electron chi connectivity index (χ4n) is 2.95. The van der Waals surface area contributed by atoms with Crippen molar-refractivity contribution in [3.63, 3.8) is 0 Å². The Morgan fingerprint density at radius 1 is 1.00 bits per heavy atom. The molecule has 0 spiro atoms. The van der Waals surface area contributed by atoms with Crippen molar-refractivity contribution in [3.8, 4) is 0 Å². The maximum absolute atomic E-state index is 12.9. The predicted octanol–water partition coefficient (Wildman–Crippen LogP) is 2.77. The highest BCUT2D eigenvalue weighted by Gasteiger charge is 2.24. The van der Waals surface area contributed by atoms with Crippen LogP contribution in [0.15, 0.2) is 59.5 Å². The van der Waals surface area contributed by atoms with Crippen LogP contribution in [0.3, 0.4) is 0 Å². The minimum Gasteiger partial charge on any atom is -0.299 e. The van der Waals surface area contributed by atoms with E-state index in [0.29, 0.717) is 0 Å². The maximum Gasteiger partial charge on any atom is 0.240 e. The average molecular weight is 348 g/mol. The third kappa shape index (κ3) is 4.41. The van der Waals surface area contributed by atoms with Gasteiger partial charge in [-0.15, -0.1) is 0 Å². The summed E-state index contributed by atoms with van der Waals surface area (Å²) in [5, 5.41) is 0. The zero-order valence-electron chi connectivity index (χ0n) is 13.4. The van der Waals surface area contributed by atoms with Crippen LogP contribution in [0.25, 0.3) is 0 Å². The molecule has 1 fully saturated rings. The van der Waals surface area contributed by atoms with E-state index >= 15 is 0 Å². The summed E-state index contributed by atoms with van der Waals surface area (Å²) in [5.41, 5.74) is 1.27. The second-order valence-electron chi connectivity index (χ2n) is 6.11. The highest BCUT2D eigenvalue weighted by atomic mass is 32.2. The van der Waals surface area contributed by atoms with Crippen LogP contribution in [0.1, 0.15) is 18.4 Å². The van der Waals surface area contributed by atoms with Crippen LogP contribution in [-0.2, 0) is 16.6 Å². The molecule has 0 atom stereocenters. The van der Waals surface area contributed by atoms with E-state index in [4.69, 9.17) is 0 Å². The molecule has 6 heteroatoms. The van der Waals surface area contributed by atoms with E-state index in [1.54, 1.807) is 0 Å². The molecule has 128 valence electrons. The molecule has 1 saturated heterocycles. The fourth-order valence-corrected chi connectivity index (χ4v) is 4.26. The molecule has 1 aliphatic heterocycles. The Bertz CT molecular complexity index is 755. The number of hydrogen-bond donors (Lipinski definition) is 1. The molecule has 0 radical (unpaired) electrons. The fraction of sp³-hybridized carbons (Fsp3) is 0.333. The summed E-state index contributed by atoms with van der Waals surface area (Å²) >= 11 is 0. The quantitative estimate of drug-likeness (QED) is 0.904. The molecule has 4 nitrogen and oxygen atoms in total. The van der Waals surface area contributed by atoms with Crippen LogP contribution in [0, 0.1) is 5.82 Å². The molecule has 0 saturated carbocycles. The van der Waals surface area contributed by atoms with Crippen molar-refractivity contribution < 1.29 is 12.8 Å². The number of halogens is 1. The summed E-state index contributed by atoms with van der Waals surface area (Å²) in [5.74, 6) is -0.442. The van der Waals surface area contributed by atoms with Gasteiger partial charge < -0.3 is 0 Å². The second-order valence-corrected chi connectivity index (χ2v) is 7.83. The van der Waals surface area contributed by atoms with Crippen molar-refractivity contribution in [2.24, 2.45) is 0 Å². The van der Waals surface area contributed by atoms with E-state index in [9.17, 15) is 12.8 Å². The zero-order valence-corrected chi connectivity index (χ0v) is 14.2. The number of benzene rings is 2. The number of likely N-dealkylation sites (tertiary alicyclic amines) is 1. The highest BCUT2D eigenvalue weighted by molar-refractivity contribution is 7.89. The van der Waals surface area contributed by atoms with Crippen LogP contribution in [0.4, 0.5) is 4.39 Å². The molecule has 2 aromatic rings. The van der Waals surface area contributed by atoms with Crippen LogP contribution in [0.2, 0.25) is 0 Å². The van der Waals surface area contributed by atoms with Gasteiger partial charge in [-0.3, -0.25) is 4.90 Å². The molecular weight excluding hydrogens is 327 g/mol. The van der Waals surface area contributed by atoms with Gasteiger partial charge in [0.2, 0.25) is 10.0 Å². The van der Waals surface area contributed by atoms with Gasteiger partial charge in [-0.2, -0.15) is 0 Å². The van der Waals surface area contributed by atoms with Crippen LogP contribution in [-0.4, -0.2) is 32.4 Å². The first-order valence-electron chi connectivity index (χ1n) is 8.07. The molecule has 24 heavy (non-hydrogen) atoms. The number of rotatable bonds is 5. The predicted molar refractivity (Wildman–Crippen MR) is 91.5 cm³/mol. The van der Waals surface area contributed by atoms with Gasteiger partial charge in [0.1, 0.15) is 5.82 Å². The van der Waals surface area contributed by atoms with Crippen molar-refractivity contribution in [2.45, 2.75) is 30.3 Å². The van der Waals surface area contributed by atoms with Crippen LogP contribution < -0.4 is 4.72 Å². The van der Waals surface area contributed by atoms with E-state index < -0.39 is 15.8 Å². The third-order valence-electron chi connectivity index (χ3n) is 4.28. The minimum atomic E-state index is -3.59.